The molecule has 0 aliphatic carbocycles. The second-order valence-corrected chi connectivity index (χ2v) is 8.01. The average Bonchev–Trinajstić information content (AvgIpc) is 3.28. The quantitative estimate of drug-likeness (QED) is 0.288. The van der Waals surface area contributed by atoms with Gasteiger partial charge < -0.3 is 19.4 Å². The van der Waals surface area contributed by atoms with Crippen molar-refractivity contribution in [1.82, 2.24) is 0 Å². The molecule has 0 unspecified atom stereocenters. The first-order valence-corrected chi connectivity index (χ1v) is 10.7. The van der Waals surface area contributed by atoms with Crippen LogP contribution in [0.3, 0.4) is 0 Å². The SMILES string of the molecule is O=C(/C=C/c1ccc(-c2ccc(Br)cc2)o1)Nc1ccc([N+](=O)[O-])cc1N1CCOCC1. The highest BCUT2D eigenvalue weighted by Gasteiger charge is 2.19. The summed E-state index contributed by atoms with van der Waals surface area (Å²) in [6.45, 7) is 2.22. The number of hydrogen-bond acceptors (Lipinski definition) is 6. The highest BCUT2D eigenvalue weighted by molar-refractivity contribution is 9.10. The highest BCUT2D eigenvalue weighted by atomic mass is 79.9. The number of carbonyl (C=O) groups is 1. The molecule has 1 fully saturated rings. The van der Waals surface area contributed by atoms with Crippen LogP contribution >= 0.6 is 15.9 Å². The number of nitro benzene ring substituents is 1. The van der Waals surface area contributed by atoms with Crippen molar-refractivity contribution in [3.63, 3.8) is 0 Å². The van der Waals surface area contributed by atoms with Crippen molar-refractivity contribution in [2.45, 2.75) is 0 Å². The summed E-state index contributed by atoms with van der Waals surface area (Å²) in [6.07, 6.45) is 2.95. The molecule has 2 heterocycles. The van der Waals surface area contributed by atoms with Crippen LogP contribution in [0.5, 0.6) is 0 Å². The number of morpholine rings is 1. The number of nitro groups is 1. The minimum Gasteiger partial charge on any atom is -0.457 e. The Labute approximate surface area is 192 Å². The number of anilines is 2. The zero-order chi connectivity index (χ0) is 22.5. The van der Waals surface area contributed by atoms with Crippen LogP contribution in [-0.2, 0) is 9.53 Å². The molecule has 1 amide bonds. The molecule has 1 N–H and O–H groups in total. The van der Waals surface area contributed by atoms with Crippen LogP contribution in [0.25, 0.3) is 17.4 Å². The maximum atomic E-state index is 12.5. The fourth-order valence-corrected chi connectivity index (χ4v) is 3.61. The minimum absolute atomic E-state index is 0.0314. The lowest BCUT2D eigenvalue weighted by atomic mass is 10.2. The molecule has 1 aliphatic heterocycles. The molecule has 0 saturated carbocycles. The van der Waals surface area contributed by atoms with Crippen molar-refractivity contribution in [3.8, 4) is 11.3 Å². The number of hydrogen-bond donors (Lipinski definition) is 1. The van der Waals surface area contributed by atoms with E-state index in [1.807, 2.05) is 35.2 Å². The number of non-ortho nitro benzene ring substituents is 1. The van der Waals surface area contributed by atoms with Crippen LogP contribution in [0.2, 0.25) is 0 Å². The fraction of sp³-hybridized carbons (Fsp3) is 0.174. The Morgan fingerprint density at radius 1 is 1.09 bits per heavy atom. The molecule has 8 nitrogen and oxygen atoms in total. The monoisotopic (exact) mass is 497 g/mol. The van der Waals surface area contributed by atoms with E-state index in [-0.39, 0.29) is 11.6 Å². The van der Waals surface area contributed by atoms with Gasteiger partial charge in [-0.05, 0) is 36.4 Å². The third-order valence-electron chi connectivity index (χ3n) is 4.96. The van der Waals surface area contributed by atoms with Gasteiger partial charge in [0.2, 0.25) is 5.91 Å². The summed E-state index contributed by atoms with van der Waals surface area (Å²) in [4.78, 5) is 25.2. The standard InChI is InChI=1S/C23H20BrN3O5/c24-17-3-1-16(2-4-17)22-9-6-19(32-22)7-10-23(28)25-20-8-5-18(27(29)30)15-21(20)26-11-13-31-14-12-26/h1-10,15H,11-14H2,(H,25,28)/b10-7+. The van der Waals surface area contributed by atoms with Crippen LogP contribution in [-0.4, -0.2) is 37.1 Å². The first kappa shape index (κ1) is 21.8. The van der Waals surface area contributed by atoms with Gasteiger partial charge in [-0.15, -0.1) is 0 Å². The number of nitrogens with one attached hydrogen (secondary N) is 1. The molecule has 164 valence electrons. The predicted molar refractivity (Wildman–Crippen MR) is 126 cm³/mol. The summed E-state index contributed by atoms with van der Waals surface area (Å²) >= 11 is 3.40. The van der Waals surface area contributed by atoms with E-state index in [1.54, 1.807) is 18.2 Å². The Bertz CT molecular complexity index is 1150. The molecule has 1 aliphatic rings. The van der Waals surface area contributed by atoms with Crippen LogP contribution in [0.1, 0.15) is 5.76 Å². The van der Waals surface area contributed by atoms with Gasteiger partial charge in [0.05, 0.1) is 29.5 Å². The zero-order valence-corrected chi connectivity index (χ0v) is 18.6. The number of carbonyl (C=O) groups excluding carboxylic acids is 1. The maximum absolute atomic E-state index is 12.5. The van der Waals surface area contributed by atoms with Crippen molar-refractivity contribution in [2.24, 2.45) is 0 Å². The molecule has 0 bridgehead atoms. The number of rotatable bonds is 6. The molecule has 2 aromatic carbocycles. The Morgan fingerprint density at radius 3 is 2.56 bits per heavy atom. The van der Waals surface area contributed by atoms with Gasteiger partial charge >= 0.3 is 0 Å². The zero-order valence-electron chi connectivity index (χ0n) is 17.0. The lowest BCUT2D eigenvalue weighted by Gasteiger charge is -2.30. The number of nitrogens with zero attached hydrogens (tertiary/aromatic N) is 2. The second-order valence-electron chi connectivity index (χ2n) is 7.09. The van der Waals surface area contributed by atoms with Crippen LogP contribution in [0.4, 0.5) is 17.1 Å². The molecule has 0 radical (unpaired) electrons. The number of amides is 1. The lowest BCUT2D eigenvalue weighted by molar-refractivity contribution is -0.384. The largest absolute Gasteiger partial charge is 0.457 e. The van der Waals surface area contributed by atoms with E-state index in [2.05, 4.69) is 21.2 Å². The number of furan rings is 1. The summed E-state index contributed by atoms with van der Waals surface area (Å²) in [5, 5.41) is 14.0. The van der Waals surface area contributed by atoms with Gasteiger partial charge in [0, 0.05) is 41.3 Å². The van der Waals surface area contributed by atoms with Crippen LogP contribution in [0, 0.1) is 10.1 Å². The van der Waals surface area contributed by atoms with Crippen LogP contribution in [0.15, 0.2) is 69.6 Å². The minimum atomic E-state index is -0.449. The molecule has 3 aromatic rings. The van der Waals surface area contributed by atoms with E-state index >= 15 is 0 Å². The van der Waals surface area contributed by atoms with E-state index < -0.39 is 4.92 Å². The van der Waals surface area contributed by atoms with E-state index in [4.69, 9.17) is 9.15 Å². The third kappa shape index (κ3) is 5.24. The van der Waals surface area contributed by atoms with Gasteiger partial charge in [-0.2, -0.15) is 0 Å². The molecule has 0 atom stereocenters. The average molecular weight is 498 g/mol. The van der Waals surface area contributed by atoms with Gasteiger partial charge in [-0.1, -0.05) is 28.1 Å². The first-order valence-electron chi connectivity index (χ1n) is 9.95. The summed E-state index contributed by atoms with van der Waals surface area (Å²) in [6, 6.07) is 15.7. The van der Waals surface area contributed by atoms with Crippen molar-refractivity contribution in [1.29, 1.82) is 0 Å². The van der Waals surface area contributed by atoms with Gasteiger partial charge in [0.15, 0.2) is 0 Å². The fourth-order valence-electron chi connectivity index (χ4n) is 3.35. The molecular weight excluding hydrogens is 478 g/mol. The summed E-state index contributed by atoms with van der Waals surface area (Å²) in [7, 11) is 0. The smallest absolute Gasteiger partial charge is 0.271 e. The van der Waals surface area contributed by atoms with Gasteiger partial charge in [0.1, 0.15) is 11.5 Å². The van der Waals surface area contributed by atoms with E-state index in [0.29, 0.717) is 49.2 Å². The van der Waals surface area contributed by atoms with Gasteiger partial charge in [-0.3, -0.25) is 14.9 Å². The summed E-state index contributed by atoms with van der Waals surface area (Å²) < 4.78 is 12.1. The number of benzene rings is 2. The van der Waals surface area contributed by atoms with Crippen molar-refractivity contribution in [2.75, 3.05) is 36.5 Å². The lowest BCUT2D eigenvalue weighted by Crippen LogP contribution is -2.36. The first-order chi connectivity index (χ1) is 15.5. The predicted octanol–water partition coefficient (Wildman–Crippen LogP) is 5.11. The molecule has 0 spiro atoms. The summed E-state index contributed by atoms with van der Waals surface area (Å²) in [5.41, 5.74) is 2.00. The van der Waals surface area contributed by atoms with E-state index in [9.17, 15) is 14.9 Å². The molecule has 1 aromatic heterocycles. The van der Waals surface area contributed by atoms with Crippen molar-refractivity contribution < 1.29 is 18.9 Å². The Morgan fingerprint density at radius 2 is 1.84 bits per heavy atom. The normalized spacial score (nSPS) is 14.0. The Balaban J connectivity index is 1.48. The van der Waals surface area contributed by atoms with Gasteiger partial charge in [-0.25, -0.2) is 0 Å². The Kier molecular flexibility index (Phi) is 6.67. The molecular formula is C23H20BrN3O5. The molecule has 32 heavy (non-hydrogen) atoms. The van der Waals surface area contributed by atoms with Crippen molar-refractivity contribution in [3.05, 3.63) is 81.0 Å². The topological polar surface area (TPSA) is 97.8 Å². The molecule has 4 rings (SSSR count). The molecule has 1 saturated heterocycles. The van der Waals surface area contributed by atoms with Gasteiger partial charge in [0.25, 0.3) is 5.69 Å². The third-order valence-corrected chi connectivity index (χ3v) is 5.48. The second kappa shape index (κ2) is 9.80. The number of ether oxygens (including phenoxy) is 1. The van der Waals surface area contributed by atoms with Crippen molar-refractivity contribution >= 4 is 45.0 Å². The Hall–Kier alpha value is -3.43. The summed E-state index contributed by atoms with van der Waals surface area (Å²) in [5.74, 6) is 0.868. The highest BCUT2D eigenvalue weighted by Crippen LogP contribution is 2.31. The van der Waals surface area contributed by atoms with E-state index in [1.165, 1.54) is 18.2 Å². The molecule has 9 heteroatoms. The van der Waals surface area contributed by atoms with Crippen LogP contribution < -0.4 is 10.2 Å². The maximum Gasteiger partial charge on any atom is 0.271 e. The number of halogens is 1. The van der Waals surface area contributed by atoms with E-state index in [0.717, 1.165) is 10.0 Å².